The molecule has 0 amide bonds. The molecule has 0 N–H and O–H groups in total. The SMILES string of the molecule is COc1cc(C=Nc2ccc(Oc3ccccc3)cc2)cc(I)c1OC. The molecule has 0 aromatic heterocycles. The van der Waals surface area contributed by atoms with Crippen molar-refractivity contribution >= 4 is 34.5 Å². The number of benzene rings is 3. The van der Waals surface area contributed by atoms with Crippen LogP contribution in [-0.4, -0.2) is 20.4 Å². The summed E-state index contributed by atoms with van der Waals surface area (Å²) in [5.41, 5.74) is 1.78. The van der Waals surface area contributed by atoms with E-state index in [-0.39, 0.29) is 0 Å². The summed E-state index contributed by atoms with van der Waals surface area (Å²) in [4.78, 5) is 4.52. The molecule has 0 atom stereocenters. The molecule has 3 aromatic carbocycles. The zero-order valence-electron chi connectivity index (χ0n) is 14.5. The summed E-state index contributed by atoms with van der Waals surface area (Å²) in [5, 5.41) is 0. The van der Waals surface area contributed by atoms with Crippen LogP contribution in [0.3, 0.4) is 0 Å². The summed E-state index contributed by atoms with van der Waals surface area (Å²) < 4.78 is 17.5. The van der Waals surface area contributed by atoms with Gasteiger partial charge in [-0.2, -0.15) is 0 Å². The van der Waals surface area contributed by atoms with Crippen LogP contribution < -0.4 is 14.2 Å². The number of hydrogen-bond acceptors (Lipinski definition) is 4. The fourth-order valence-corrected chi connectivity index (χ4v) is 3.23. The maximum absolute atomic E-state index is 5.78. The zero-order chi connectivity index (χ0) is 18.4. The van der Waals surface area contributed by atoms with Gasteiger partial charge in [-0.15, -0.1) is 0 Å². The van der Waals surface area contributed by atoms with Gasteiger partial charge in [0, 0.05) is 6.21 Å². The molecule has 5 heteroatoms. The summed E-state index contributed by atoms with van der Waals surface area (Å²) in [6.45, 7) is 0. The van der Waals surface area contributed by atoms with Crippen molar-refractivity contribution in [1.29, 1.82) is 0 Å². The first kappa shape index (κ1) is 18.3. The van der Waals surface area contributed by atoms with Crippen LogP contribution in [0.2, 0.25) is 0 Å². The molecule has 0 bridgehead atoms. The van der Waals surface area contributed by atoms with E-state index in [2.05, 4.69) is 27.6 Å². The maximum Gasteiger partial charge on any atom is 0.174 e. The van der Waals surface area contributed by atoms with Crippen LogP contribution in [0.25, 0.3) is 0 Å². The Morgan fingerprint density at radius 3 is 2.19 bits per heavy atom. The Morgan fingerprint density at radius 1 is 0.846 bits per heavy atom. The van der Waals surface area contributed by atoms with E-state index in [4.69, 9.17) is 14.2 Å². The lowest BCUT2D eigenvalue weighted by molar-refractivity contribution is 0.353. The molecule has 0 fully saturated rings. The third-order valence-electron chi connectivity index (χ3n) is 3.63. The van der Waals surface area contributed by atoms with Gasteiger partial charge in [0.25, 0.3) is 0 Å². The molecule has 0 aliphatic heterocycles. The molecular formula is C21H18INO3. The van der Waals surface area contributed by atoms with Gasteiger partial charge in [0.15, 0.2) is 11.5 Å². The first-order chi connectivity index (χ1) is 12.7. The normalized spacial score (nSPS) is 10.7. The van der Waals surface area contributed by atoms with Gasteiger partial charge in [-0.05, 0) is 76.7 Å². The largest absolute Gasteiger partial charge is 0.493 e. The van der Waals surface area contributed by atoms with Crippen molar-refractivity contribution in [2.75, 3.05) is 14.2 Å². The Balaban J connectivity index is 1.74. The van der Waals surface area contributed by atoms with Crippen molar-refractivity contribution in [3.8, 4) is 23.0 Å². The average molecular weight is 459 g/mol. The number of methoxy groups -OCH3 is 2. The van der Waals surface area contributed by atoms with E-state index in [0.717, 1.165) is 32.1 Å². The van der Waals surface area contributed by atoms with Crippen molar-refractivity contribution in [3.63, 3.8) is 0 Å². The number of ether oxygens (including phenoxy) is 3. The monoisotopic (exact) mass is 459 g/mol. The maximum atomic E-state index is 5.78. The summed E-state index contributed by atoms with van der Waals surface area (Å²) in [5.74, 6) is 3.00. The second-order valence-electron chi connectivity index (χ2n) is 5.41. The summed E-state index contributed by atoms with van der Waals surface area (Å²) in [6, 6.07) is 21.2. The van der Waals surface area contributed by atoms with Gasteiger partial charge in [-0.3, -0.25) is 4.99 Å². The summed E-state index contributed by atoms with van der Waals surface area (Å²) in [6.07, 6.45) is 1.80. The third-order valence-corrected chi connectivity index (χ3v) is 4.44. The average Bonchev–Trinajstić information content (AvgIpc) is 2.67. The predicted octanol–water partition coefficient (Wildman–Crippen LogP) is 5.85. The molecule has 4 nitrogen and oxygen atoms in total. The molecule has 26 heavy (non-hydrogen) atoms. The third kappa shape index (κ3) is 4.54. The fourth-order valence-electron chi connectivity index (χ4n) is 2.39. The summed E-state index contributed by atoms with van der Waals surface area (Å²) in [7, 11) is 3.26. The number of nitrogens with zero attached hydrogens (tertiary/aromatic N) is 1. The van der Waals surface area contributed by atoms with Crippen molar-refractivity contribution in [2.45, 2.75) is 0 Å². The van der Waals surface area contributed by atoms with Crippen molar-refractivity contribution in [2.24, 2.45) is 4.99 Å². The predicted molar refractivity (Wildman–Crippen MR) is 112 cm³/mol. The Kier molecular flexibility index (Phi) is 6.12. The van der Waals surface area contributed by atoms with Crippen LogP contribution in [0.15, 0.2) is 71.7 Å². The van der Waals surface area contributed by atoms with Crippen LogP contribution in [0.5, 0.6) is 23.0 Å². The molecule has 0 heterocycles. The minimum Gasteiger partial charge on any atom is -0.493 e. The van der Waals surface area contributed by atoms with Crippen LogP contribution in [-0.2, 0) is 0 Å². The van der Waals surface area contributed by atoms with Gasteiger partial charge in [0.2, 0.25) is 0 Å². The number of aliphatic imine (C=N–C) groups is 1. The Bertz CT molecular complexity index is 893. The molecule has 0 spiro atoms. The van der Waals surface area contributed by atoms with Gasteiger partial charge in [0.1, 0.15) is 11.5 Å². The van der Waals surface area contributed by atoms with Crippen LogP contribution >= 0.6 is 22.6 Å². The molecular weight excluding hydrogens is 441 g/mol. The first-order valence-electron chi connectivity index (χ1n) is 7.98. The lowest BCUT2D eigenvalue weighted by atomic mass is 10.2. The second-order valence-corrected chi connectivity index (χ2v) is 6.57. The standard InChI is InChI=1S/C21H18INO3/c1-24-20-13-15(12-19(22)21(20)25-2)14-23-16-8-10-18(11-9-16)26-17-6-4-3-5-7-17/h3-14H,1-2H3. The zero-order valence-corrected chi connectivity index (χ0v) is 16.6. The van der Waals surface area contributed by atoms with E-state index in [1.807, 2.05) is 66.7 Å². The quantitative estimate of drug-likeness (QED) is 0.343. The first-order valence-corrected chi connectivity index (χ1v) is 9.06. The highest BCUT2D eigenvalue weighted by molar-refractivity contribution is 14.1. The molecule has 3 aromatic rings. The number of hydrogen-bond donors (Lipinski definition) is 0. The van der Waals surface area contributed by atoms with Crippen LogP contribution in [0.1, 0.15) is 5.56 Å². The van der Waals surface area contributed by atoms with E-state index in [1.165, 1.54) is 0 Å². The highest BCUT2D eigenvalue weighted by atomic mass is 127. The Labute approximate surface area is 166 Å². The smallest absolute Gasteiger partial charge is 0.174 e. The molecule has 132 valence electrons. The van der Waals surface area contributed by atoms with Gasteiger partial charge in [0.05, 0.1) is 23.5 Å². The molecule has 0 radical (unpaired) electrons. The van der Waals surface area contributed by atoms with E-state index in [9.17, 15) is 0 Å². The highest BCUT2D eigenvalue weighted by Gasteiger charge is 2.09. The number of rotatable bonds is 6. The Morgan fingerprint density at radius 2 is 1.54 bits per heavy atom. The molecule has 0 aliphatic carbocycles. The molecule has 3 rings (SSSR count). The molecule has 0 unspecified atom stereocenters. The summed E-state index contributed by atoms with van der Waals surface area (Å²) >= 11 is 2.22. The van der Waals surface area contributed by atoms with E-state index >= 15 is 0 Å². The van der Waals surface area contributed by atoms with Crippen molar-refractivity contribution in [3.05, 3.63) is 75.9 Å². The van der Waals surface area contributed by atoms with E-state index in [1.54, 1.807) is 20.4 Å². The fraction of sp³-hybridized carbons (Fsp3) is 0.0952. The van der Waals surface area contributed by atoms with Crippen molar-refractivity contribution in [1.82, 2.24) is 0 Å². The molecule has 0 saturated carbocycles. The van der Waals surface area contributed by atoms with Gasteiger partial charge in [-0.1, -0.05) is 18.2 Å². The van der Waals surface area contributed by atoms with Crippen LogP contribution in [0.4, 0.5) is 5.69 Å². The van der Waals surface area contributed by atoms with Gasteiger partial charge < -0.3 is 14.2 Å². The lowest BCUT2D eigenvalue weighted by Gasteiger charge is -2.10. The highest BCUT2D eigenvalue weighted by Crippen LogP contribution is 2.33. The Hall–Kier alpha value is -2.54. The van der Waals surface area contributed by atoms with E-state index in [0.29, 0.717) is 5.75 Å². The minimum absolute atomic E-state index is 0.687. The molecule has 0 saturated heterocycles. The van der Waals surface area contributed by atoms with E-state index < -0.39 is 0 Å². The second kappa shape index (κ2) is 8.71. The van der Waals surface area contributed by atoms with Gasteiger partial charge >= 0.3 is 0 Å². The van der Waals surface area contributed by atoms with Crippen molar-refractivity contribution < 1.29 is 14.2 Å². The lowest BCUT2D eigenvalue weighted by Crippen LogP contribution is -1.95. The minimum atomic E-state index is 0.687. The van der Waals surface area contributed by atoms with Gasteiger partial charge in [-0.25, -0.2) is 0 Å². The number of para-hydroxylation sites is 1. The molecule has 0 aliphatic rings. The number of halogens is 1. The topological polar surface area (TPSA) is 40.0 Å². The van der Waals surface area contributed by atoms with Crippen LogP contribution in [0, 0.1) is 3.57 Å².